The normalized spacial score (nSPS) is 19.4. The lowest BCUT2D eigenvalue weighted by Crippen LogP contribution is -2.42. The lowest BCUT2D eigenvalue weighted by molar-refractivity contribution is 0.548. The van der Waals surface area contributed by atoms with Crippen LogP contribution in [0.3, 0.4) is 0 Å². The van der Waals surface area contributed by atoms with Crippen molar-refractivity contribution in [3.05, 3.63) is 0 Å². The third-order valence-corrected chi connectivity index (χ3v) is 3.04. The predicted octanol–water partition coefficient (Wildman–Crippen LogP) is -0.0154. The molecule has 0 aromatic heterocycles. The lowest BCUT2D eigenvalue weighted by atomic mass is 10.3. The number of nitrogens with one attached hydrogen (secondary N) is 2. The fraction of sp³-hybridized carbons (Fsp3) is 0.750. The molecule has 0 aromatic carbocycles. The Morgan fingerprint density at radius 1 is 1.62 bits per heavy atom. The number of rotatable bonds is 5. The molecule has 0 aliphatic heterocycles. The quantitative estimate of drug-likeness (QED) is 0.616. The molecule has 74 valence electrons. The van der Waals surface area contributed by atoms with Crippen molar-refractivity contribution in [2.45, 2.75) is 38.3 Å². The van der Waals surface area contributed by atoms with E-state index >= 15 is 0 Å². The van der Waals surface area contributed by atoms with Gasteiger partial charge in [0, 0.05) is 18.5 Å². The summed E-state index contributed by atoms with van der Waals surface area (Å²) < 4.78 is 27.5. The summed E-state index contributed by atoms with van der Waals surface area (Å²) in [5.41, 5.74) is 0. The minimum atomic E-state index is -3.34. The van der Waals surface area contributed by atoms with Crippen LogP contribution in [-0.4, -0.2) is 20.5 Å². The van der Waals surface area contributed by atoms with Crippen LogP contribution < -0.4 is 9.44 Å². The number of hydrogen-bond acceptors (Lipinski definition) is 2. The van der Waals surface area contributed by atoms with Crippen LogP contribution in [0.15, 0.2) is 0 Å². The summed E-state index contributed by atoms with van der Waals surface area (Å²) in [6, 6.07) is -0.0724. The minimum absolute atomic E-state index is 0.135. The summed E-state index contributed by atoms with van der Waals surface area (Å²) >= 11 is 0. The van der Waals surface area contributed by atoms with Crippen molar-refractivity contribution < 1.29 is 8.42 Å². The van der Waals surface area contributed by atoms with Gasteiger partial charge in [0.05, 0.1) is 0 Å². The number of terminal acetylenes is 1. The standard InChI is InChI=1S/C8H14N2O2S/c1-3-4-7(2)9-13(11,12)10-8-5-6-8/h1,7-10H,4-6H2,2H3. The Balaban J connectivity index is 2.36. The van der Waals surface area contributed by atoms with Gasteiger partial charge in [0.25, 0.3) is 10.2 Å². The van der Waals surface area contributed by atoms with Gasteiger partial charge in [-0.05, 0) is 19.8 Å². The summed E-state index contributed by atoms with van der Waals surface area (Å²) in [6.45, 7) is 1.74. The fourth-order valence-corrected chi connectivity index (χ4v) is 2.29. The molecule has 0 bridgehead atoms. The maximum Gasteiger partial charge on any atom is 0.277 e. The molecule has 1 fully saturated rings. The van der Waals surface area contributed by atoms with Crippen LogP contribution in [0.2, 0.25) is 0 Å². The van der Waals surface area contributed by atoms with Gasteiger partial charge in [-0.1, -0.05) is 0 Å². The van der Waals surface area contributed by atoms with Gasteiger partial charge in [-0.25, -0.2) is 0 Å². The monoisotopic (exact) mass is 202 g/mol. The van der Waals surface area contributed by atoms with Crippen LogP contribution in [0.5, 0.6) is 0 Å². The summed E-state index contributed by atoms with van der Waals surface area (Å²) in [6.07, 6.45) is 7.33. The molecule has 1 aliphatic carbocycles. The van der Waals surface area contributed by atoms with Crippen LogP contribution in [-0.2, 0) is 10.2 Å². The molecule has 5 heteroatoms. The zero-order valence-electron chi connectivity index (χ0n) is 7.58. The van der Waals surface area contributed by atoms with Gasteiger partial charge >= 0.3 is 0 Å². The van der Waals surface area contributed by atoms with Crippen molar-refractivity contribution >= 4 is 10.2 Å². The van der Waals surface area contributed by atoms with Crippen molar-refractivity contribution in [1.29, 1.82) is 0 Å². The van der Waals surface area contributed by atoms with Gasteiger partial charge < -0.3 is 0 Å². The van der Waals surface area contributed by atoms with E-state index in [4.69, 9.17) is 6.42 Å². The highest BCUT2D eigenvalue weighted by atomic mass is 32.2. The molecule has 0 heterocycles. The van der Waals surface area contributed by atoms with E-state index in [-0.39, 0.29) is 12.1 Å². The smallest absolute Gasteiger partial charge is 0.199 e. The third-order valence-electron chi connectivity index (χ3n) is 1.68. The summed E-state index contributed by atoms with van der Waals surface area (Å²) in [7, 11) is -3.34. The molecule has 1 unspecified atom stereocenters. The predicted molar refractivity (Wildman–Crippen MR) is 51.1 cm³/mol. The largest absolute Gasteiger partial charge is 0.277 e. The average Bonchev–Trinajstić information content (AvgIpc) is 2.69. The highest BCUT2D eigenvalue weighted by Crippen LogP contribution is 2.19. The molecule has 1 saturated carbocycles. The Morgan fingerprint density at radius 2 is 2.23 bits per heavy atom. The molecule has 0 aromatic rings. The molecule has 0 saturated heterocycles. The van der Waals surface area contributed by atoms with Crippen LogP contribution in [0.4, 0.5) is 0 Å². The molecule has 1 atom stereocenters. The zero-order valence-corrected chi connectivity index (χ0v) is 8.39. The summed E-state index contributed by atoms with van der Waals surface area (Å²) in [5.74, 6) is 2.40. The van der Waals surface area contributed by atoms with Gasteiger partial charge in [0.1, 0.15) is 0 Å². The Hall–Kier alpha value is -0.570. The van der Waals surface area contributed by atoms with Crippen molar-refractivity contribution in [3.8, 4) is 12.3 Å². The highest BCUT2D eigenvalue weighted by molar-refractivity contribution is 7.87. The first-order valence-corrected chi connectivity index (χ1v) is 5.75. The Bertz CT molecular complexity index is 301. The van der Waals surface area contributed by atoms with E-state index in [1.165, 1.54) is 0 Å². The van der Waals surface area contributed by atoms with Gasteiger partial charge in [0.15, 0.2) is 0 Å². The molecule has 0 spiro atoms. The molecule has 1 rings (SSSR count). The van der Waals surface area contributed by atoms with Crippen molar-refractivity contribution in [2.24, 2.45) is 0 Å². The van der Waals surface area contributed by atoms with E-state index < -0.39 is 10.2 Å². The molecular formula is C8H14N2O2S. The number of hydrogen-bond donors (Lipinski definition) is 2. The maximum absolute atomic E-state index is 11.3. The fourth-order valence-electron chi connectivity index (χ4n) is 0.938. The SMILES string of the molecule is C#CCC(C)NS(=O)(=O)NC1CC1. The van der Waals surface area contributed by atoms with E-state index in [1.807, 2.05) is 0 Å². The third kappa shape index (κ3) is 4.27. The molecular weight excluding hydrogens is 188 g/mol. The van der Waals surface area contributed by atoms with E-state index in [1.54, 1.807) is 6.92 Å². The zero-order chi connectivity index (χ0) is 9.90. The summed E-state index contributed by atoms with van der Waals surface area (Å²) in [5, 5.41) is 0. The summed E-state index contributed by atoms with van der Waals surface area (Å²) in [4.78, 5) is 0. The first-order valence-electron chi connectivity index (χ1n) is 4.26. The van der Waals surface area contributed by atoms with E-state index in [2.05, 4.69) is 15.4 Å². The van der Waals surface area contributed by atoms with E-state index in [0.29, 0.717) is 6.42 Å². The second-order valence-electron chi connectivity index (χ2n) is 3.32. The molecule has 1 aliphatic rings. The van der Waals surface area contributed by atoms with Gasteiger partial charge in [-0.15, -0.1) is 12.3 Å². The van der Waals surface area contributed by atoms with Crippen LogP contribution in [0.25, 0.3) is 0 Å². The van der Waals surface area contributed by atoms with Crippen LogP contribution in [0.1, 0.15) is 26.2 Å². The van der Waals surface area contributed by atoms with Gasteiger partial charge in [0.2, 0.25) is 0 Å². The first kappa shape index (κ1) is 10.5. The van der Waals surface area contributed by atoms with Crippen molar-refractivity contribution in [3.63, 3.8) is 0 Å². The van der Waals surface area contributed by atoms with E-state index in [9.17, 15) is 8.42 Å². The molecule has 2 N–H and O–H groups in total. The second kappa shape index (κ2) is 4.09. The second-order valence-corrected chi connectivity index (χ2v) is 4.80. The minimum Gasteiger partial charge on any atom is -0.199 e. The molecule has 0 amide bonds. The molecule has 0 radical (unpaired) electrons. The Morgan fingerprint density at radius 3 is 2.69 bits per heavy atom. The molecule has 4 nitrogen and oxygen atoms in total. The van der Waals surface area contributed by atoms with Crippen LogP contribution in [0, 0.1) is 12.3 Å². The Kier molecular flexibility index (Phi) is 3.31. The van der Waals surface area contributed by atoms with Gasteiger partial charge in [-0.3, -0.25) is 0 Å². The highest BCUT2D eigenvalue weighted by Gasteiger charge is 2.27. The lowest BCUT2D eigenvalue weighted by Gasteiger charge is -2.11. The van der Waals surface area contributed by atoms with Gasteiger partial charge in [-0.2, -0.15) is 17.9 Å². The van der Waals surface area contributed by atoms with Crippen molar-refractivity contribution in [2.75, 3.05) is 0 Å². The van der Waals surface area contributed by atoms with Crippen molar-refractivity contribution in [1.82, 2.24) is 9.44 Å². The topological polar surface area (TPSA) is 58.2 Å². The molecule has 13 heavy (non-hydrogen) atoms. The Labute approximate surface area is 79.3 Å². The first-order chi connectivity index (χ1) is 6.03. The van der Waals surface area contributed by atoms with Crippen LogP contribution >= 0.6 is 0 Å². The average molecular weight is 202 g/mol. The van der Waals surface area contributed by atoms with E-state index in [0.717, 1.165) is 12.8 Å². The maximum atomic E-state index is 11.3.